The van der Waals surface area contributed by atoms with E-state index in [0.29, 0.717) is 5.02 Å². The highest BCUT2D eigenvalue weighted by Gasteiger charge is 2.68. The standard InChI is InChI=1S/C12H16ClNO3S/c1-18(16,17)11-10(12(11,6-14)7-15)8-2-4-9(13)5-3-8/h2-5,10-11,15H,6-7,14H2,1H3/t10-,11-,12-/m1/s1. The summed E-state index contributed by atoms with van der Waals surface area (Å²) >= 11 is 5.81. The summed E-state index contributed by atoms with van der Waals surface area (Å²) in [6.07, 6.45) is 1.19. The Hall–Kier alpha value is -0.620. The van der Waals surface area contributed by atoms with E-state index in [1.54, 1.807) is 24.3 Å². The number of rotatable bonds is 4. The lowest BCUT2D eigenvalue weighted by molar-refractivity contribution is 0.212. The summed E-state index contributed by atoms with van der Waals surface area (Å²) in [6, 6.07) is 7.01. The van der Waals surface area contributed by atoms with Crippen molar-refractivity contribution in [3.63, 3.8) is 0 Å². The Morgan fingerprint density at radius 3 is 2.28 bits per heavy atom. The maximum atomic E-state index is 11.8. The summed E-state index contributed by atoms with van der Waals surface area (Å²) in [5.74, 6) is -0.250. The van der Waals surface area contributed by atoms with Gasteiger partial charge in [-0.2, -0.15) is 0 Å². The van der Waals surface area contributed by atoms with E-state index < -0.39 is 20.5 Å². The van der Waals surface area contributed by atoms with Crippen molar-refractivity contribution in [2.24, 2.45) is 11.1 Å². The average molecular weight is 290 g/mol. The van der Waals surface area contributed by atoms with Gasteiger partial charge in [-0.3, -0.25) is 0 Å². The van der Waals surface area contributed by atoms with Gasteiger partial charge in [-0.25, -0.2) is 8.42 Å². The molecule has 0 unspecified atom stereocenters. The molecule has 1 aromatic rings. The van der Waals surface area contributed by atoms with Crippen molar-refractivity contribution in [2.45, 2.75) is 11.2 Å². The Labute approximate surface area is 112 Å². The van der Waals surface area contributed by atoms with E-state index in [-0.39, 0.29) is 19.1 Å². The van der Waals surface area contributed by atoms with E-state index >= 15 is 0 Å². The molecule has 4 nitrogen and oxygen atoms in total. The Balaban J connectivity index is 2.41. The van der Waals surface area contributed by atoms with Crippen molar-refractivity contribution in [2.75, 3.05) is 19.4 Å². The lowest BCUT2D eigenvalue weighted by atomic mass is 10.0. The molecule has 18 heavy (non-hydrogen) atoms. The molecule has 0 saturated heterocycles. The Morgan fingerprint density at radius 1 is 1.39 bits per heavy atom. The topological polar surface area (TPSA) is 80.4 Å². The van der Waals surface area contributed by atoms with Crippen LogP contribution in [-0.2, 0) is 9.84 Å². The summed E-state index contributed by atoms with van der Waals surface area (Å²) in [4.78, 5) is 0. The number of hydrogen-bond donors (Lipinski definition) is 2. The van der Waals surface area contributed by atoms with Gasteiger partial charge >= 0.3 is 0 Å². The molecule has 100 valence electrons. The highest BCUT2D eigenvalue weighted by Crippen LogP contribution is 2.61. The maximum Gasteiger partial charge on any atom is 0.151 e. The third-order valence-electron chi connectivity index (χ3n) is 3.74. The highest BCUT2D eigenvalue weighted by molar-refractivity contribution is 7.91. The van der Waals surface area contributed by atoms with E-state index in [0.717, 1.165) is 5.56 Å². The molecule has 0 aliphatic heterocycles. The minimum Gasteiger partial charge on any atom is -0.396 e. The van der Waals surface area contributed by atoms with Gasteiger partial charge in [0.05, 0.1) is 11.9 Å². The molecular weight excluding hydrogens is 274 g/mol. The zero-order valence-corrected chi connectivity index (χ0v) is 11.6. The van der Waals surface area contributed by atoms with Crippen molar-refractivity contribution >= 4 is 21.4 Å². The predicted octanol–water partition coefficient (Wildman–Crippen LogP) is 0.788. The monoisotopic (exact) mass is 289 g/mol. The van der Waals surface area contributed by atoms with Gasteiger partial charge in [0, 0.05) is 29.2 Å². The van der Waals surface area contributed by atoms with Crippen LogP contribution in [0, 0.1) is 5.41 Å². The van der Waals surface area contributed by atoms with Crippen molar-refractivity contribution in [3.05, 3.63) is 34.9 Å². The Morgan fingerprint density at radius 2 is 1.94 bits per heavy atom. The maximum absolute atomic E-state index is 11.8. The van der Waals surface area contributed by atoms with Crippen LogP contribution < -0.4 is 5.73 Å². The second-order valence-corrected chi connectivity index (χ2v) is 7.48. The largest absolute Gasteiger partial charge is 0.396 e. The summed E-state index contributed by atoms with van der Waals surface area (Å²) in [6.45, 7) is -0.0803. The third-order valence-corrected chi connectivity index (χ3v) is 5.66. The summed E-state index contributed by atoms with van der Waals surface area (Å²) < 4.78 is 23.6. The molecule has 0 aromatic heterocycles. The van der Waals surface area contributed by atoms with E-state index in [1.807, 2.05) is 0 Å². The van der Waals surface area contributed by atoms with Gasteiger partial charge < -0.3 is 10.8 Å². The van der Waals surface area contributed by atoms with Gasteiger partial charge in [0.2, 0.25) is 0 Å². The summed E-state index contributed by atoms with van der Waals surface area (Å²) in [7, 11) is -3.24. The molecule has 0 spiro atoms. The molecule has 1 aliphatic rings. The molecule has 3 N–H and O–H groups in total. The van der Waals surface area contributed by atoms with Crippen LogP contribution in [0.2, 0.25) is 5.02 Å². The molecule has 1 aromatic carbocycles. The number of hydrogen-bond acceptors (Lipinski definition) is 4. The normalized spacial score (nSPS) is 31.3. The first-order valence-electron chi connectivity index (χ1n) is 5.62. The third kappa shape index (κ3) is 2.05. The lowest BCUT2D eigenvalue weighted by Crippen LogP contribution is -2.27. The van der Waals surface area contributed by atoms with Gasteiger partial charge in [0.1, 0.15) is 0 Å². The molecule has 0 amide bonds. The number of aliphatic hydroxyl groups excluding tert-OH is 1. The average Bonchev–Trinajstić information content (AvgIpc) is 3.00. The molecule has 6 heteroatoms. The summed E-state index contributed by atoms with van der Waals surface area (Å²) in [5.41, 5.74) is 5.78. The van der Waals surface area contributed by atoms with Crippen molar-refractivity contribution in [1.29, 1.82) is 0 Å². The van der Waals surface area contributed by atoms with Gasteiger partial charge in [-0.05, 0) is 17.7 Å². The second kappa shape index (κ2) is 4.49. The highest BCUT2D eigenvalue weighted by atomic mass is 35.5. The van der Waals surface area contributed by atoms with Crippen LogP contribution in [0.3, 0.4) is 0 Å². The Bertz CT molecular complexity index is 537. The zero-order valence-electron chi connectivity index (χ0n) is 10.0. The number of halogens is 1. The van der Waals surface area contributed by atoms with Crippen LogP contribution in [0.15, 0.2) is 24.3 Å². The van der Waals surface area contributed by atoms with Crippen molar-refractivity contribution < 1.29 is 13.5 Å². The van der Waals surface area contributed by atoms with Crippen molar-refractivity contribution in [1.82, 2.24) is 0 Å². The van der Waals surface area contributed by atoms with Gasteiger partial charge in [-0.15, -0.1) is 0 Å². The first kappa shape index (κ1) is 13.8. The van der Waals surface area contributed by atoms with Crippen LogP contribution in [0.5, 0.6) is 0 Å². The molecule has 0 heterocycles. The molecule has 0 radical (unpaired) electrons. The predicted molar refractivity (Wildman–Crippen MR) is 71.4 cm³/mol. The van der Waals surface area contributed by atoms with E-state index in [1.165, 1.54) is 6.26 Å². The van der Waals surface area contributed by atoms with Gasteiger partial charge in [0.25, 0.3) is 0 Å². The molecule has 1 aliphatic carbocycles. The number of benzene rings is 1. The molecule has 2 rings (SSSR count). The molecule has 3 atom stereocenters. The number of sulfone groups is 1. The molecule has 1 fully saturated rings. The van der Waals surface area contributed by atoms with Crippen LogP contribution in [0.4, 0.5) is 0 Å². The Kier molecular flexibility index (Phi) is 3.44. The minimum atomic E-state index is -3.24. The second-order valence-electron chi connectivity index (χ2n) is 4.87. The SMILES string of the molecule is CS(=O)(=O)[C@@H]1[C@@H](c2ccc(Cl)cc2)[C@@]1(CN)CO. The lowest BCUT2D eigenvalue weighted by Gasteiger charge is -2.11. The molecule has 0 bridgehead atoms. The first-order chi connectivity index (χ1) is 8.36. The molecule has 1 saturated carbocycles. The summed E-state index contributed by atoms with van der Waals surface area (Å²) in [5, 5.41) is 9.49. The fourth-order valence-corrected chi connectivity index (χ4v) is 4.94. The fraction of sp³-hybridized carbons (Fsp3) is 0.500. The molecular formula is C12H16ClNO3S. The van der Waals surface area contributed by atoms with Crippen LogP contribution in [-0.4, -0.2) is 38.2 Å². The minimum absolute atomic E-state index is 0.147. The van der Waals surface area contributed by atoms with Crippen molar-refractivity contribution in [3.8, 4) is 0 Å². The van der Waals surface area contributed by atoms with E-state index in [4.69, 9.17) is 17.3 Å². The van der Waals surface area contributed by atoms with Crippen LogP contribution >= 0.6 is 11.6 Å². The van der Waals surface area contributed by atoms with Gasteiger partial charge in [-0.1, -0.05) is 23.7 Å². The van der Waals surface area contributed by atoms with Crippen LogP contribution in [0.25, 0.3) is 0 Å². The van der Waals surface area contributed by atoms with Gasteiger partial charge in [0.15, 0.2) is 9.84 Å². The fourth-order valence-electron chi connectivity index (χ4n) is 2.80. The first-order valence-corrected chi connectivity index (χ1v) is 7.95. The van der Waals surface area contributed by atoms with E-state index in [9.17, 15) is 13.5 Å². The van der Waals surface area contributed by atoms with E-state index in [2.05, 4.69) is 0 Å². The zero-order chi connectivity index (χ0) is 13.6. The smallest absolute Gasteiger partial charge is 0.151 e. The van der Waals surface area contributed by atoms with Crippen LogP contribution in [0.1, 0.15) is 11.5 Å². The quantitative estimate of drug-likeness (QED) is 0.859. The number of aliphatic hydroxyl groups is 1. The number of nitrogens with two attached hydrogens (primary N) is 1.